The van der Waals surface area contributed by atoms with Gasteiger partial charge in [-0.2, -0.15) is 0 Å². The minimum Gasteiger partial charge on any atom is -0.494 e. The number of rotatable bonds is 7. The van der Waals surface area contributed by atoms with Crippen LogP contribution in [-0.2, 0) is 16.0 Å². The minimum atomic E-state index is 0.0341. The molecule has 1 heterocycles. The molecule has 2 rings (SSSR count). The highest BCUT2D eigenvalue weighted by Gasteiger charge is 2.34. The van der Waals surface area contributed by atoms with Crippen molar-refractivity contribution in [3.63, 3.8) is 0 Å². The Morgan fingerprint density at radius 2 is 2.00 bits per heavy atom. The van der Waals surface area contributed by atoms with Gasteiger partial charge in [0.1, 0.15) is 5.75 Å². The van der Waals surface area contributed by atoms with E-state index in [0.29, 0.717) is 19.1 Å². The molecule has 2 atom stereocenters. The average Bonchev–Trinajstić information content (AvgIpc) is 2.92. The number of benzene rings is 1. The maximum atomic E-state index is 12.3. The molecular weight excluding hydrogens is 292 g/mol. The van der Waals surface area contributed by atoms with Crippen molar-refractivity contribution in [1.82, 2.24) is 10.2 Å². The lowest BCUT2D eigenvalue weighted by Gasteiger charge is -2.20. The Kier molecular flexibility index (Phi) is 6.42. The molecule has 1 aliphatic heterocycles. The van der Waals surface area contributed by atoms with E-state index < -0.39 is 0 Å². The van der Waals surface area contributed by atoms with Gasteiger partial charge < -0.3 is 14.8 Å². The normalized spacial score (nSPS) is 21.6. The van der Waals surface area contributed by atoms with E-state index in [1.54, 1.807) is 7.11 Å². The van der Waals surface area contributed by atoms with Crippen molar-refractivity contribution < 1.29 is 14.3 Å². The lowest BCUT2D eigenvalue weighted by atomic mass is 10.1. The highest BCUT2D eigenvalue weighted by atomic mass is 16.5. The van der Waals surface area contributed by atoms with Crippen molar-refractivity contribution in [2.45, 2.75) is 45.4 Å². The van der Waals surface area contributed by atoms with Gasteiger partial charge in [0.2, 0.25) is 5.91 Å². The number of amides is 1. The fourth-order valence-electron chi connectivity index (χ4n) is 2.92. The lowest BCUT2D eigenvalue weighted by Crippen LogP contribution is -2.44. The van der Waals surface area contributed by atoms with Crippen molar-refractivity contribution in [2.24, 2.45) is 0 Å². The SMILES string of the molecule is CCOc1ccc(CC(=O)N[C@@H]2CN(C(C)C)C[C@H]2OC)cc1. The van der Waals surface area contributed by atoms with Gasteiger partial charge in [-0.15, -0.1) is 0 Å². The Morgan fingerprint density at radius 1 is 1.30 bits per heavy atom. The summed E-state index contributed by atoms with van der Waals surface area (Å²) < 4.78 is 10.9. The molecule has 1 aliphatic rings. The Hall–Kier alpha value is -1.59. The topological polar surface area (TPSA) is 50.8 Å². The second-order valence-electron chi connectivity index (χ2n) is 6.25. The number of nitrogens with zero attached hydrogens (tertiary/aromatic N) is 1. The summed E-state index contributed by atoms with van der Waals surface area (Å²) in [6, 6.07) is 8.19. The van der Waals surface area contributed by atoms with Crippen LogP contribution in [0.25, 0.3) is 0 Å². The number of hydrogen-bond acceptors (Lipinski definition) is 4. The minimum absolute atomic E-state index is 0.0341. The van der Waals surface area contributed by atoms with Gasteiger partial charge in [-0.25, -0.2) is 0 Å². The second-order valence-corrected chi connectivity index (χ2v) is 6.25. The van der Waals surface area contributed by atoms with Crippen LogP contribution in [0.3, 0.4) is 0 Å². The number of methoxy groups -OCH3 is 1. The molecule has 1 aromatic carbocycles. The molecule has 1 aromatic rings. The van der Waals surface area contributed by atoms with E-state index in [4.69, 9.17) is 9.47 Å². The first-order chi connectivity index (χ1) is 11.0. The molecule has 23 heavy (non-hydrogen) atoms. The van der Waals surface area contributed by atoms with Crippen LogP contribution in [0.5, 0.6) is 5.75 Å². The molecular formula is C18H28N2O3. The fourth-order valence-corrected chi connectivity index (χ4v) is 2.92. The molecule has 0 aliphatic carbocycles. The molecule has 0 radical (unpaired) electrons. The van der Waals surface area contributed by atoms with Gasteiger partial charge in [0, 0.05) is 26.2 Å². The van der Waals surface area contributed by atoms with Crippen LogP contribution in [0.4, 0.5) is 0 Å². The molecule has 5 heteroatoms. The second kappa shape index (κ2) is 8.31. The van der Waals surface area contributed by atoms with Crippen molar-refractivity contribution in [3.8, 4) is 5.75 Å². The third kappa shape index (κ3) is 4.94. The van der Waals surface area contributed by atoms with Crippen LogP contribution in [0.2, 0.25) is 0 Å². The predicted octanol–water partition coefficient (Wildman–Crippen LogP) is 1.85. The Morgan fingerprint density at radius 3 is 2.57 bits per heavy atom. The Labute approximate surface area is 139 Å². The highest BCUT2D eigenvalue weighted by molar-refractivity contribution is 5.79. The zero-order chi connectivity index (χ0) is 16.8. The molecule has 0 aromatic heterocycles. The summed E-state index contributed by atoms with van der Waals surface area (Å²) in [5, 5.41) is 3.12. The number of carbonyl (C=O) groups is 1. The monoisotopic (exact) mass is 320 g/mol. The van der Waals surface area contributed by atoms with E-state index in [-0.39, 0.29) is 18.1 Å². The maximum absolute atomic E-state index is 12.3. The van der Waals surface area contributed by atoms with E-state index in [9.17, 15) is 4.79 Å². The number of nitrogens with one attached hydrogen (secondary N) is 1. The fraction of sp³-hybridized carbons (Fsp3) is 0.611. The predicted molar refractivity (Wildman–Crippen MR) is 90.8 cm³/mol. The quantitative estimate of drug-likeness (QED) is 0.833. The molecule has 0 saturated carbocycles. The van der Waals surface area contributed by atoms with E-state index in [1.807, 2.05) is 31.2 Å². The number of likely N-dealkylation sites (tertiary alicyclic amines) is 1. The summed E-state index contributed by atoms with van der Waals surface area (Å²) in [6.45, 7) is 8.63. The van der Waals surface area contributed by atoms with Gasteiger partial charge in [-0.05, 0) is 38.5 Å². The maximum Gasteiger partial charge on any atom is 0.224 e. The van der Waals surface area contributed by atoms with Crippen LogP contribution in [0.1, 0.15) is 26.3 Å². The van der Waals surface area contributed by atoms with Crippen LogP contribution in [-0.4, -0.2) is 55.8 Å². The van der Waals surface area contributed by atoms with E-state index in [1.165, 1.54) is 0 Å². The van der Waals surface area contributed by atoms with E-state index >= 15 is 0 Å². The summed E-state index contributed by atoms with van der Waals surface area (Å²) in [6.07, 6.45) is 0.433. The van der Waals surface area contributed by atoms with Crippen LogP contribution in [0, 0.1) is 0 Å². The molecule has 1 saturated heterocycles. The number of ether oxygens (including phenoxy) is 2. The van der Waals surface area contributed by atoms with Gasteiger partial charge >= 0.3 is 0 Å². The Bertz CT molecular complexity index is 501. The summed E-state index contributed by atoms with van der Waals surface area (Å²) in [4.78, 5) is 14.6. The average molecular weight is 320 g/mol. The standard InChI is InChI=1S/C18H28N2O3/c1-5-23-15-8-6-14(7-9-15)10-18(21)19-16-11-20(13(2)3)12-17(16)22-4/h6-9,13,16-17H,5,10-12H2,1-4H3,(H,19,21)/t16-,17-/m1/s1. The molecule has 0 unspecified atom stereocenters. The van der Waals surface area contributed by atoms with Gasteiger partial charge in [0.15, 0.2) is 0 Å². The zero-order valence-corrected chi connectivity index (χ0v) is 14.5. The Balaban J connectivity index is 1.88. The van der Waals surface area contributed by atoms with E-state index in [2.05, 4.69) is 24.1 Å². The number of carbonyl (C=O) groups excluding carboxylic acids is 1. The molecule has 128 valence electrons. The van der Waals surface area contributed by atoms with Crippen LogP contribution in [0.15, 0.2) is 24.3 Å². The van der Waals surface area contributed by atoms with Gasteiger partial charge in [-0.3, -0.25) is 9.69 Å². The van der Waals surface area contributed by atoms with Gasteiger partial charge in [-0.1, -0.05) is 12.1 Å². The van der Waals surface area contributed by atoms with Crippen molar-refractivity contribution in [1.29, 1.82) is 0 Å². The first-order valence-electron chi connectivity index (χ1n) is 8.31. The molecule has 1 fully saturated rings. The summed E-state index contributed by atoms with van der Waals surface area (Å²) in [7, 11) is 1.71. The van der Waals surface area contributed by atoms with E-state index in [0.717, 1.165) is 24.4 Å². The number of hydrogen-bond donors (Lipinski definition) is 1. The van der Waals surface area contributed by atoms with Crippen molar-refractivity contribution in [3.05, 3.63) is 29.8 Å². The van der Waals surface area contributed by atoms with Crippen LogP contribution < -0.4 is 10.1 Å². The van der Waals surface area contributed by atoms with Gasteiger partial charge in [0.25, 0.3) is 0 Å². The summed E-state index contributed by atoms with van der Waals surface area (Å²) in [5.41, 5.74) is 0.985. The molecule has 0 spiro atoms. The smallest absolute Gasteiger partial charge is 0.224 e. The van der Waals surface area contributed by atoms with Crippen LogP contribution >= 0.6 is 0 Å². The molecule has 0 bridgehead atoms. The first kappa shape index (κ1) is 17.8. The molecule has 1 N–H and O–H groups in total. The highest BCUT2D eigenvalue weighted by Crippen LogP contribution is 2.16. The molecule has 5 nitrogen and oxygen atoms in total. The lowest BCUT2D eigenvalue weighted by molar-refractivity contribution is -0.121. The van der Waals surface area contributed by atoms with Crippen molar-refractivity contribution >= 4 is 5.91 Å². The summed E-state index contributed by atoms with van der Waals surface area (Å²) >= 11 is 0. The molecule has 1 amide bonds. The third-order valence-electron chi connectivity index (χ3n) is 4.27. The first-order valence-corrected chi connectivity index (χ1v) is 8.31. The van der Waals surface area contributed by atoms with Crippen molar-refractivity contribution in [2.75, 3.05) is 26.8 Å². The largest absolute Gasteiger partial charge is 0.494 e. The summed E-state index contributed by atoms with van der Waals surface area (Å²) in [5.74, 6) is 0.867. The zero-order valence-electron chi connectivity index (χ0n) is 14.5. The van der Waals surface area contributed by atoms with Gasteiger partial charge in [0.05, 0.1) is 25.2 Å². The third-order valence-corrected chi connectivity index (χ3v) is 4.27.